The van der Waals surface area contributed by atoms with E-state index in [1.165, 1.54) is 4.68 Å². The molecule has 2 N–H and O–H groups in total. The Labute approximate surface area is 208 Å². The fourth-order valence-electron chi connectivity index (χ4n) is 4.23. The second-order valence-corrected chi connectivity index (χ2v) is 9.84. The minimum Gasteiger partial charge on any atom is -0.372 e. The topological polar surface area (TPSA) is 82.3 Å². The van der Waals surface area contributed by atoms with Crippen LogP contribution in [-0.4, -0.2) is 50.7 Å². The van der Waals surface area contributed by atoms with Gasteiger partial charge in [-0.15, -0.1) is 0 Å². The Morgan fingerprint density at radius 2 is 1.83 bits per heavy atom. The average Bonchev–Trinajstić information content (AvgIpc) is 3.28. The van der Waals surface area contributed by atoms with Crippen molar-refractivity contribution in [1.82, 2.24) is 19.7 Å². The first-order valence-electron chi connectivity index (χ1n) is 12.1. The summed E-state index contributed by atoms with van der Waals surface area (Å²) >= 11 is 0. The van der Waals surface area contributed by atoms with Crippen molar-refractivity contribution in [3.63, 3.8) is 0 Å². The molecule has 1 aromatic carbocycles. The van der Waals surface area contributed by atoms with Gasteiger partial charge in [-0.3, -0.25) is 4.68 Å². The number of benzene rings is 1. The Balaban J connectivity index is 1.48. The number of nitrogens with one attached hydrogen (secondary N) is 1. The van der Waals surface area contributed by atoms with Gasteiger partial charge in [0.25, 0.3) is 0 Å². The van der Waals surface area contributed by atoms with Crippen molar-refractivity contribution in [3.8, 4) is 0 Å². The maximum absolute atomic E-state index is 13.5. The van der Waals surface area contributed by atoms with E-state index < -0.39 is 23.7 Å². The molecule has 1 atom stereocenters. The SMILES string of the molecule is CCN1c2cnc(NCc3cnn(Cc4cc(F)c(F)c(F)c4)c3)nc2N(CC(C)(C)CC)CC1O. The lowest BCUT2D eigenvalue weighted by Gasteiger charge is -2.43. The van der Waals surface area contributed by atoms with Crippen LogP contribution in [0.25, 0.3) is 0 Å². The number of fused-ring (bicyclic) bond motifs is 1. The molecule has 194 valence electrons. The van der Waals surface area contributed by atoms with Crippen LogP contribution in [0.2, 0.25) is 0 Å². The molecule has 4 rings (SSSR count). The molecule has 0 saturated heterocycles. The lowest BCUT2D eigenvalue weighted by molar-refractivity contribution is 0.165. The molecule has 8 nitrogen and oxygen atoms in total. The van der Waals surface area contributed by atoms with Crippen LogP contribution in [0.5, 0.6) is 0 Å². The summed E-state index contributed by atoms with van der Waals surface area (Å²) in [5.74, 6) is -2.72. The number of aliphatic hydroxyl groups is 1. The highest BCUT2D eigenvalue weighted by Gasteiger charge is 2.33. The van der Waals surface area contributed by atoms with E-state index in [0.29, 0.717) is 25.6 Å². The Hall–Kier alpha value is -3.34. The second kappa shape index (κ2) is 10.3. The first-order chi connectivity index (χ1) is 17.1. The number of aliphatic hydroxyl groups excluding tert-OH is 1. The highest BCUT2D eigenvalue weighted by Crippen LogP contribution is 2.36. The van der Waals surface area contributed by atoms with Gasteiger partial charge in [0.1, 0.15) is 11.9 Å². The third-order valence-electron chi connectivity index (χ3n) is 6.54. The Bertz CT molecular complexity index is 1190. The summed E-state index contributed by atoms with van der Waals surface area (Å²) in [5, 5.41) is 18.1. The van der Waals surface area contributed by atoms with Crippen LogP contribution in [0.4, 0.5) is 30.6 Å². The van der Waals surface area contributed by atoms with Gasteiger partial charge >= 0.3 is 0 Å². The zero-order valence-corrected chi connectivity index (χ0v) is 21.0. The summed E-state index contributed by atoms with van der Waals surface area (Å²) in [4.78, 5) is 13.2. The van der Waals surface area contributed by atoms with E-state index >= 15 is 0 Å². The molecule has 1 unspecified atom stereocenters. The standard InChI is InChI=1S/C25H32F3N7O/c1-5-25(3,4)15-33-14-21(36)35(6-2)20-11-30-24(32-23(20)33)29-9-17-10-31-34(13-17)12-16-7-18(26)22(28)19(27)8-16/h7-8,10-11,13,21,36H,5-6,9,12,14-15H2,1-4H3,(H,29,30,32). The zero-order chi connectivity index (χ0) is 26.0. The summed E-state index contributed by atoms with van der Waals surface area (Å²) < 4.78 is 41.7. The molecule has 1 aliphatic heterocycles. The summed E-state index contributed by atoms with van der Waals surface area (Å²) in [6.07, 6.45) is 5.45. The first kappa shape index (κ1) is 25.7. The maximum Gasteiger partial charge on any atom is 0.225 e. The van der Waals surface area contributed by atoms with Gasteiger partial charge in [0.05, 0.1) is 25.5 Å². The van der Waals surface area contributed by atoms with Crippen LogP contribution >= 0.6 is 0 Å². The van der Waals surface area contributed by atoms with Gasteiger partial charge in [0.15, 0.2) is 23.3 Å². The van der Waals surface area contributed by atoms with Crippen molar-refractivity contribution in [3.05, 3.63) is 59.3 Å². The van der Waals surface area contributed by atoms with Gasteiger partial charge in [-0.05, 0) is 36.5 Å². The summed E-state index contributed by atoms with van der Waals surface area (Å²) in [6, 6.07) is 1.92. The van der Waals surface area contributed by atoms with Crippen LogP contribution in [0.3, 0.4) is 0 Å². The van der Waals surface area contributed by atoms with E-state index in [-0.39, 0.29) is 17.5 Å². The molecule has 2 aromatic heterocycles. The van der Waals surface area contributed by atoms with E-state index in [2.05, 4.69) is 41.1 Å². The number of rotatable bonds is 9. The van der Waals surface area contributed by atoms with Crippen molar-refractivity contribution in [2.24, 2.45) is 5.41 Å². The highest BCUT2D eigenvalue weighted by atomic mass is 19.2. The number of anilines is 3. The van der Waals surface area contributed by atoms with E-state index in [1.807, 2.05) is 11.8 Å². The van der Waals surface area contributed by atoms with Gasteiger partial charge in [0.2, 0.25) is 5.95 Å². The molecule has 0 radical (unpaired) electrons. The van der Waals surface area contributed by atoms with Crippen LogP contribution in [0.15, 0.2) is 30.7 Å². The Morgan fingerprint density at radius 1 is 1.11 bits per heavy atom. The number of β-amino-alcohol motifs (C(OH)–C–C–N with tert-alkyl or cyclic N) is 1. The number of nitrogens with zero attached hydrogens (tertiary/aromatic N) is 6. The number of hydrogen-bond acceptors (Lipinski definition) is 7. The molecule has 0 amide bonds. The third-order valence-corrected chi connectivity index (χ3v) is 6.54. The van der Waals surface area contributed by atoms with Crippen molar-refractivity contribution in [2.45, 2.75) is 53.4 Å². The second-order valence-electron chi connectivity index (χ2n) is 9.84. The van der Waals surface area contributed by atoms with Gasteiger partial charge in [-0.1, -0.05) is 20.8 Å². The first-order valence-corrected chi connectivity index (χ1v) is 12.1. The minimum atomic E-state index is -1.48. The van der Waals surface area contributed by atoms with Crippen LogP contribution in [0.1, 0.15) is 45.2 Å². The maximum atomic E-state index is 13.5. The van der Waals surface area contributed by atoms with Crippen LogP contribution < -0.4 is 15.1 Å². The summed E-state index contributed by atoms with van der Waals surface area (Å²) in [6.45, 7) is 10.8. The molecule has 11 heteroatoms. The van der Waals surface area contributed by atoms with Gasteiger partial charge in [0, 0.05) is 31.4 Å². The van der Waals surface area contributed by atoms with Gasteiger partial charge in [-0.25, -0.2) is 18.2 Å². The molecular weight excluding hydrogens is 471 g/mol. The van der Waals surface area contributed by atoms with E-state index in [4.69, 9.17) is 4.98 Å². The Morgan fingerprint density at radius 3 is 2.50 bits per heavy atom. The van der Waals surface area contributed by atoms with Gasteiger partial charge in [-0.2, -0.15) is 10.1 Å². The van der Waals surface area contributed by atoms with Crippen molar-refractivity contribution in [2.75, 3.05) is 34.8 Å². The van der Waals surface area contributed by atoms with Crippen LogP contribution in [-0.2, 0) is 13.1 Å². The zero-order valence-electron chi connectivity index (χ0n) is 21.0. The molecule has 0 spiro atoms. The smallest absolute Gasteiger partial charge is 0.225 e. The highest BCUT2D eigenvalue weighted by molar-refractivity contribution is 5.70. The van der Waals surface area contributed by atoms with Crippen molar-refractivity contribution >= 4 is 17.5 Å². The predicted molar refractivity (Wildman–Crippen MR) is 132 cm³/mol. The van der Waals surface area contributed by atoms with E-state index in [9.17, 15) is 18.3 Å². The molecule has 1 aliphatic rings. The molecule has 3 aromatic rings. The monoisotopic (exact) mass is 503 g/mol. The van der Waals surface area contributed by atoms with Crippen molar-refractivity contribution in [1.29, 1.82) is 0 Å². The summed E-state index contributed by atoms with van der Waals surface area (Å²) in [5.41, 5.74) is 1.92. The minimum absolute atomic E-state index is 0.0504. The molecule has 36 heavy (non-hydrogen) atoms. The molecule has 0 bridgehead atoms. The fourth-order valence-corrected chi connectivity index (χ4v) is 4.23. The third kappa shape index (κ3) is 5.56. The lowest BCUT2D eigenvalue weighted by Crippen LogP contribution is -2.51. The largest absolute Gasteiger partial charge is 0.372 e. The fraction of sp³-hybridized carbons (Fsp3) is 0.480. The number of likely N-dealkylation sites (N-methyl/N-ethyl adjacent to an activating group) is 1. The van der Waals surface area contributed by atoms with Gasteiger partial charge < -0.3 is 20.2 Å². The average molecular weight is 504 g/mol. The molecule has 0 fully saturated rings. The molecule has 3 heterocycles. The normalized spacial score (nSPS) is 15.8. The van der Waals surface area contributed by atoms with Crippen LogP contribution in [0, 0.1) is 22.9 Å². The number of aromatic nitrogens is 4. The number of halogens is 3. The van der Waals surface area contributed by atoms with E-state index in [0.717, 1.165) is 42.2 Å². The quantitative estimate of drug-likeness (QED) is 0.425. The summed E-state index contributed by atoms with van der Waals surface area (Å²) in [7, 11) is 0. The molecule has 0 aliphatic carbocycles. The molecular formula is C25H32F3N7O. The Kier molecular flexibility index (Phi) is 7.39. The predicted octanol–water partition coefficient (Wildman–Crippen LogP) is 4.15. The van der Waals surface area contributed by atoms with E-state index in [1.54, 1.807) is 18.6 Å². The number of hydrogen-bond donors (Lipinski definition) is 2. The lowest BCUT2D eigenvalue weighted by atomic mass is 9.89. The van der Waals surface area contributed by atoms with Crippen molar-refractivity contribution < 1.29 is 18.3 Å². The molecule has 0 saturated carbocycles.